The molecule has 1 fully saturated rings. The molecule has 5 heteroatoms. The van der Waals surface area contributed by atoms with Crippen molar-refractivity contribution in [2.24, 2.45) is 5.92 Å². The Morgan fingerprint density at radius 1 is 1.16 bits per heavy atom. The van der Waals surface area contributed by atoms with E-state index in [4.69, 9.17) is 4.74 Å². The predicted molar refractivity (Wildman–Crippen MR) is 127 cm³/mol. The van der Waals surface area contributed by atoms with Gasteiger partial charge in [0.25, 0.3) is 5.56 Å². The highest BCUT2D eigenvalue weighted by Gasteiger charge is 2.23. The van der Waals surface area contributed by atoms with Crippen molar-refractivity contribution >= 4 is 16.8 Å². The predicted octanol–water partition coefficient (Wildman–Crippen LogP) is 5.34. The molecule has 0 unspecified atom stereocenters. The smallest absolute Gasteiger partial charge is 0.255 e. The topological polar surface area (TPSA) is 51.5 Å². The lowest BCUT2D eigenvalue weighted by Gasteiger charge is -2.26. The summed E-state index contributed by atoms with van der Waals surface area (Å²) in [6.07, 6.45) is 7.58. The standard InChI is InChI=1S/C26H38N2O3/c1-5-14-27(15-13-19(2)3)25(29)18-28-24-17-22(31-4)12-11-21(24)16-23(26(28)30)20-9-7-6-8-10-20/h11-12,16-17,19-20H,5-10,13-15,18H2,1-4H3. The van der Waals surface area contributed by atoms with Gasteiger partial charge in [-0.1, -0.05) is 40.0 Å². The van der Waals surface area contributed by atoms with Crippen molar-refractivity contribution in [1.82, 2.24) is 9.47 Å². The molecule has 170 valence electrons. The maximum atomic E-state index is 13.6. The summed E-state index contributed by atoms with van der Waals surface area (Å²) in [5.74, 6) is 1.55. The van der Waals surface area contributed by atoms with Crippen LogP contribution in [-0.4, -0.2) is 35.6 Å². The maximum absolute atomic E-state index is 13.6. The number of aromatic nitrogens is 1. The molecule has 0 saturated heterocycles. The first-order chi connectivity index (χ1) is 14.9. The van der Waals surface area contributed by atoms with Gasteiger partial charge in [0.05, 0.1) is 12.6 Å². The number of methoxy groups -OCH3 is 1. The SMILES string of the molecule is CCCN(CCC(C)C)C(=O)Cn1c(=O)c(C2CCCCC2)cc2ccc(OC)cc21. The van der Waals surface area contributed by atoms with E-state index in [9.17, 15) is 9.59 Å². The van der Waals surface area contributed by atoms with Crippen molar-refractivity contribution in [2.75, 3.05) is 20.2 Å². The van der Waals surface area contributed by atoms with Crippen LogP contribution in [0.5, 0.6) is 5.75 Å². The summed E-state index contributed by atoms with van der Waals surface area (Å²) < 4.78 is 7.11. The molecule has 5 nitrogen and oxygen atoms in total. The minimum Gasteiger partial charge on any atom is -0.497 e. The zero-order chi connectivity index (χ0) is 22.4. The molecule has 3 rings (SSSR count). The van der Waals surface area contributed by atoms with Crippen LogP contribution in [0.25, 0.3) is 10.9 Å². The summed E-state index contributed by atoms with van der Waals surface area (Å²) in [6.45, 7) is 7.98. The van der Waals surface area contributed by atoms with Crippen LogP contribution in [0.1, 0.15) is 77.2 Å². The second kappa shape index (κ2) is 10.8. The zero-order valence-electron chi connectivity index (χ0n) is 19.7. The number of benzene rings is 1. The number of fused-ring (bicyclic) bond motifs is 1. The fraction of sp³-hybridized carbons (Fsp3) is 0.615. The minimum atomic E-state index is -0.0127. The summed E-state index contributed by atoms with van der Waals surface area (Å²) in [6, 6.07) is 7.86. The van der Waals surface area contributed by atoms with E-state index in [1.807, 2.05) is 23.1 Å². The molecule has 1 aromatic carbocycles. The molecule has 1 saturated carbocycles. The molecular weight excluding hydrogens is 388 g/mol. The van der Waals surface area contributed by atoms with Gasteiger partial charge < -0.3 is 9.64 Å². The van der Waals surface area contributed by atoms with Crippen molar-refractivity contribution < 1.29 is 9.53 Å². The monoisotopic (exact) mass is 426 g/mol. The Labute approximate surface area is 186 Å². The van der Waals surface area contributed by atoms with Gasteiger partial charge in [0.15, 0.2) is 0 Å². The normalized spacial score (nSPS) is 14.9. The van der Waals surface area contributed by atoms with E-state index in [0.29, 0.717) is 17.6 Å². The summed E-state index contributed by atoms with van der Waals surface area (Å²) in [5, 5.41) is 0.998. The third kappa shape index (κ3) is 5.69. The van der Waals surface area contributed by atoms with Crippen LogP contribution < -0.4 is 10.3 Å². The summed E-state index contributed by atoms with van der Waals surface area (Å²) in [5.41, 5.74) is 1.63. The lowest BCUT2D eigenvalue weighted by atomic mass is 9.84. The van der Waals surface area contributed by atoms with Crippen LogP contribution in [0.2, 0.25) is 0 Å². The van der Waals surface area contributed by atoms with Crippen molar-refractivity contribution in [3.8, 4) is 5.75 Å². The number of carbonyl (C=O) groups is 1. The van der Waals surface area contributed by atoms with E-state index < -0.39 is 0 Å². The fourth-order valence-corrected chi connectivity index (χ4v) is 4.64. The Morgan fingerprint density at radius 2 is 1.90 bits per heavy atom. The molecule has 31 heavy (non-hydrogen) atoms. The third-order valence-corrected chi connectivity index (χ3v) is 6.49. The average molecular weight is 427 g/mol. The summed E-state index contributed by atoms with van der Waals surface area (Å²) in [7, 11) is 1.63. The van der Waals surface area contributed by atoms with Crippen LogP contribution in [0.15, 0.2) is 29.1 Å². The van der Waals surface area contributed by atoms with E-state index in [2.05, 4.69) is 26.8 Å². The quantitative estimate of drug-likeness (QED) is 0.544. The van der Waals surface area contributed by atoms with Gasteiger partial charge in [-0.15, -0.1) is 0 Å². The largest absolute Gasteiger partial charge is 0.497 e. The minimum absolute atomic E-state index is 0.0127. The number of ether oxygens (including phenoxy) is 1. The van der Waals surface area contributed by atoms with E-state index in [1.54, 1.807) is 11.7 Å². The van der Waals surface area contributed by atoms with Gasteiger partial charge in [0.1, 0.15) is 12.3 Å². The molecule has 0 spiro atoms. The summed E-state index contributed by atoms with van der Waals surface area (Å²) >= 11 is 0. The third-order valence-electron chi connectivity index (χ3n) is 6.49. The Kier molecular flexibility index (Phi) is 8.16. The second-order valence-corrected chi connectivity index (χ2v) is 9.31. The number of hydrogen-bond donors (Lipinski definition) is 0. The lowest BCUT2D eigenvalue weighted by Crippen LogP contribution is -2.39. The Morgan fingerprint density at radius 3 is 2.55 bits per heavy atom. The Bertz CT molecular complexity index is 942. The highest BCUT2D eigenvalue weighted by molar-refractivity contribution is 5.84. The van der Waals surface area contributed by atoms with Crippen molar-refractivity contribution in [1.29, 1.82) is 0 Å². The molecule has 0 bridgehead atoms. The van der Waals surface area contributed by atoms with Crippen LogP contribution in [-0.2, 0) is 11.3 Å². The molecule has 1 amide bonds. The first-order valence-corrected chi connectivity index (χ1v) is 11.9. The summed E-state index contributed by atoms with van der Waals surface area (Å²) in [4.78, 5) is 28.8. The van der Waals surface area contributed by atoms with Gasteiger partial charge in [-0.2, -0.15) is 0 Å². The van der Waals surface area contributed by atoms with E-state index in [1.165, 1.54) is 19.3 Å². The first-order valence-electron chi connectivity index (χ1n) is 11.9. The van der Waals surface area contributed by atoms with Gasteiger partial charge in [-0.25, -0.2) is 0 Å². The molecule has 2 aromatic rings. The van der Waals surface area contributed by atoms with Crippen LogP contribution in [0.3, 0.4) is 0 Å². The number of carbonyl (C=O) groups excluding carboxylic acids is 1. The number of hydrogen-bond acceptors (Lipinski definition) is 3. The Hall–Kier alpha value is -2.30. The first kappa shape index (κ1) is 23.4. The number of nitrogens with zero attached hydrogens (tertiary/aromatic N) is 2. The molecule has 1 heterocycles. The van der Waals surface area contributed by atoms with Crippen molar-refractivity contribution in [3.63, 3.8) is 0 Å². The highest BCUT2D eigenvalue weighted by Crippen LogP contribution is 2.32. The molecule has 1 aliphatic rings. The van der Waals surface area contributed by atoms with Crippen molar-refractivity contribution in [3.05, 3.63) is 40.2 Å². The molecular formula is C26H38N2O3. The molecule has 0 aliphatic heterocycles. The molecule has 1 aromatic heterocycles. The maximum Gasteiger partial charge on any atom is 0.255 e. The molecule has 0 atom stereocenters. The van der Waals surface area contributed by atoms with Crippen LogP contribution in [0.4, 0.5) is 0 Å². The van der Waals surface area contributed by atoms with Gasteiger partial charge in [-0.05, 0) is 61.1 Å². The van der Waals surface area contributed by atoms with E-state index in [0.717, 1.165) is 55.2 Å². The van der Waals surface area contributed by atoms with Gasteiger partial charge in [-0.3, -0.25) is 14.2 Å². The van der Waals surface area contributed by atoms with Crippen LogP contribution in [0, 0.1) is 5.92 Å². The Balaban J connectivity index is 2.02. The fourth-order valence-electron chi connectivity index (χ4n) is 4.64. The van der Waals surface area contributed by atoms with E-state index >= 15 is 0 Å². The van der Waals surface area contributed by atoms with Crippen LogP contribution >= 0.6 is 0 Å². The molecule has 0 N–H and O–H groups in total. The van der Waals surface area contributed by atoms with Gasteiger partial charge >= 0.3 is 0 Å². The van der Waals surface area contributed by atoms with Gasteiger partial charge in [0, 0.05) is 24.7 Å². The second-order valence-electron chi connectivity index (χ2n) is 9.31. The van der Waals surface area contributed by atoms with Gasteiger partial charge in [0.2, 0.25) is 5.91 Å². The molecule has 0 radical (unpaired) electrons. The number of pyridine rings is 1. The lowest BCUT2D eigenvalue weighted by molar-refractivity contribution is -0.132. The number of rotatable bonds is 9. The zero-order valence-corrected chi connectivity index (χ0v) is 19.7. The average Bonchev–Trinajstić information content (AvgIpc) is 2.78. The van der Waals surface area contributed by atoms with Crippen molar-refractivity contribution in [2.45, 2.75) is 78.2 Å². The molecule has 1 aliphatic carbocycles. The number of amides is 1. The van der Waals surface area contributed by atoms with E-state index in [-0.39, 0.29) is 18.0 Å². The highest BCUT2D eigenvalue weighted by atomic mass is 16.5.